The molecule has 0 spiro atoms. The van der Waals surface area contributed by atoms with Crippen molar-refractivity contribution >= 4 is 10.0 Å². The van der Waals surface area contributed by atoms with E-state index >= 15 is 0 Å². The molecular formula is C20H25NO4S. The van der Waals surface area contributed by atoms with Crippen molar-refractivity contribution < 1.29 is 17.9 Å². The predicted octanol–water partition coefficient (Wildman–Crippen LogP) is 3.34. The maximum atomic E-state index is 12.4. The van der Waals surface area contributed by atoms with Crippen LogP contribution in [-0.4, -0.2) is 31.6 Å². The second kappa shape index (κ2) is 8.66. The molecule has 1 aliphatic heterocycles. The van der Waals surface area contributed by atoms with E-state index in [0.717, 1.165) is 22.4 Å². The van der Waals surface area contributed by atoms with Crippen molar-refractivity contribution in [1.82, 2.24) is 4.31 Å². The van der Waals surface area contributed by atoms with Crippen LogP contribution in [0.4, 0.5) is 0 Å². The van der Waals surface area contributed by atoms with Crippen LogP contribution in [0.1, 0.15) is 30.0 Å². The molecule has 26 heavy (non-hydrogen) atoms. The van der Waals surface area contributed by atoms with Gasteiger partial charge in [0, 0.05) is 18.7 Å². The molecule has 0 bridgehead atoms. The van der Waals surface area contributed by atoms with Gasteiger partial charge in [0.2, 0.25) is 10.0 Å². The zero-order valence-electron chi connectivity index (χ0n) is 15.1. The highest BCUT2D eigenvalue weighted by Crippen LogP contribution is 2.26. The van der Waals surface area contributed by atoms with Crippen molar-refractivity contribution in [2.75, 3.05) is 18.9 Å². The average Bonchev–Trinajstić information content (AvgIpc) is 2.85. The van der Waals surface area contributed by atoms with E-state index in [9.17, 15) is 8.42 Å². The Balaban J connectivity index is 1.67. The Morgan fingerprint density at radius 2 is 1.85 bits per heavy atom. The van der Waals surface area contributed by atoms with Crippen LogP contribution in [0.2, 0.25) is 0 Å². The maximum absolute atomic E-state index is 12.4. The Labute approximate surface area is 155 Å². The van der Waals surface area contributed by atoms with Gasteiger partial charge in [0.1, 0.15) is 12.4 Å². The fourth-order valence-corrected chi connectivity index (χ4v) is 4.46. The molecule has 0 radical (unpaired) electrons. The van der Waals surface area contributed by atoms with E-state index in [0.29, 0.717) is 39.3 Å². The molecule has 2 aromatic rings. The smallest absolute Gasteiger partial charge is 0.214 e. The summed E-state index contributed by atoms with van der Waals surface area (Å²) < 4.78 is 37.9. The summed E-state index contributed by atoms with van der Waals surface area (Å²) in [5.41, 5.74) is 3.03. The van der Waals surface area contributed by atoms with Gasteiger partial charge in [0.15, 0.2) is 0 Å². The summed E-state index contributed by atoms with van der Waals surface area (Å²) in [6.07, 6.45) is 0.611. The number of ether oxygens (including phenoxy) is 2. The number of rotatable bonds is 7. The number of benzene rings is 2. The molecule has 1 heterocycles. The summed E-state index contributed by atoms with van der Waals surface area (Å²) in [5.74, 6) is 0.924. The minimum atomic E-state index is -3.24. The first kappa shape index (κ1) is 18.9. The largest absolute Gasteiger partial charge is 0.492 e. The SMILES string of the molecule is CCCS(=O)(=O)N1CCOc2ccc(COCc3ccccc3)cc2C1. The number of hydrogen-bond acceptors (Lipinski definition) is 4. The minimum absolute atomic E-state index is 0.169. The molecule has 3 rings (SSSR count). The Morgan fingerprint density at radius 1 is 1.08 bits per heavy atom. The molecule has 0 saturated carbocycles. The zero-order valence-corrected chi connectivity index (χ0v) is 15.9. The predicted molar refractivity (Wildman–Crippen MR) is 101 cm³/mol. The quantitative estimate of drug-likeness (QED) is 0.745. The molecule has 140 valence electrons. The van der Waals surface area contributed by atoms with Gasteiger partial charge in [-0.3, -0.25) is 0 Å². The Morgan fingerprint density at radius 3 is 2.62 bits per heavy atom. The molecule has 0 atom stereocenters. The van der Waals surface area contributed by atoms with E-state index in [-0.39, 0.29) is 5.75 Å². The highest BCUT2D eigenvalue weighted by Gasteiger charge is 2.25. The summed E-state index contributed by atoms with van der Waals surface area (Å²) in [6.45, 7) is 4.01. The Bertz CT molecular complexity index is 821. The molecule has 5 nitrogen and oxygen atoms in total. The standard InChI is InChI=1S/C20H25NO4S/c1-2-12-26(22,23)21-10-11-25-20-9-8-18(13-19(20)14-21)16-24-15-17-6-4-3-5-7-17/h3-9,13H,2,10-12,14-16H2,1H3. The van der Waals surface area contributed by atoms with Crippen molar-refractivity contribution in [1.29, 1.82) is 0 Å². The van der Waals surface area contributed by atoms with Crippen molar-refractivity contribution in [2.45, 2.75) is 33.1 Å². The first-order chi connectivity index (χ1) is 12.6. The van der Waals surface area contributed by atoms with Crippen LogP contribution >= 0.6 is 0 Å². The number of nitrogens with zero attached hydrogens (tertiary/aromatic N) is 1. The molecule has 0 aliphatic carbocycles. The van der Waals surface area contributed by atoms with Gasteiger partial charge in [-0.25, -0.2) is 8.42 Å². The van der Waals surface area contributed by atoms with Gasteiger partial charge in [-0.05, 0) is 29.7 Å². The Hall–Kier alpha value is -1.89. The minimum Gasteiger partial charge on any atom is -0.492 e. The van der Waals surface area contributed by atoms with E-state index < -0.39 is 10.0 Å². The summed E-state index contributed by atoms with van der Waals surface area (Å²) in [7, 11) is -3.24. The van der Waals surface area contributed by atoms with Crippen molar-refractivity contribution in [2.24, 2.45) is 0 Å². The molecule has 2 aromatic carbocycles. The van der Waals surface area contributed by atoms with E-state index in [2.05, 4.69) is 0 Å². The Kier molecular flexibility index (Phi) is 6.29. The van der Waals surface area contributed by atoms with Crippen LogP contribution in [0.5, 0.6) is 5.75 Å². The monoisotopic (exact) mass is 375 g/mol. The number of sulfonamides is 1. The molecule has 0 unspecified atom stereocenters. The first-order valence-corrected chi connectivity index (χ1v) is 10.5. The summed E-state index contributed by atoms with van der Waals surface area (Å²) in [4.78, 5) is 0. The summed E-state index contributed by atoms with van der Waals surface area (Å²) in [5, 5.41) is 0. The molecule has 0 saturated heterocycles. The van der Waals surface area contributed by atoms with Gasteiger partial charge in [-0.1, -0.05) is 43.3 Å². The molecule has 0 amide bonds. The van der Waals surface area contributed by atoms with Crippen LogP contribution in [-0.2, 0) is 34.5 Å². The topological polar surface area (TPSA) is 55.8 Å². The molecule has 0 N–H and O–H groups in total. The van der Waals surface area contributed by atoms with Gasteiger partial charge < -0.3 is 9.47 Å². The van der Waals surface area contributed by atoms with Gasteiger partial charge in [-0.15, -0.1) is 0 Å². The van der Waals surface area contributed by atoms with E-state index in [1.807, 2.05) is 55.5 Å². The van der Waals surface area contributed by atoms with E-state index in [1.165, 1.54) is 4.31 Å². The third-order valence-electron chi connectivity index (χ3n) is 4.31. The molecular weight excluding hydrogens is 350 g/mol. The van der Waals surface area contributed by atoms with Crippen LogP contribution in [0, 0.1) is 0 Å². The van der Waals surface area contributed by atoms with Gasteiger partial charge in [0.25, 0.3) is 0 Å². The van der Waals surface area contributed by atoms with Crippen LogP contribution in [0.3, 0.4) is 0 Å². The van der Waals surface area contributed by atoms with Gasteiger partial charge >= 0.3 is 0 Å². The normalized spacial score (nSPS) is 15.1. The summed E-state index contributed by atoms with van der Waals surface area (Å²) >= 11 is 0. The molecule has 1 aliphatic rings. The van der Waals surface area contributed by atoms with Crippen LogP contribution in [0.15, 0.2) is 48.5 Å². The first-order valence-electron chi connectivity index (χ1n) is 8.92. The molecule has 0 fully saturated rings. The average molecular weight is 375 g/mol. The zero-order chi connectivity index (χ0) is 18.4. The van der Waals surface area contributed by atoms with Gasteiger partial charge in [-0.2, -0.15) is 4.31 Å². The van der Waals surface area contributed by atoms with Crippen molar-refractivity contribution in [3.8, 4) is 5.75 Å². The third kappa shape index (κ3) is 4.84. The lowest BCUT2D eigenvalue weighted by Crippen LogP contribution is -2.34. The highest BCUT2D eigenvalue weighted by atomic mass is 32.2. The van der Waals surface area contributed by atoms with E-state index in [1.54, 1.807) is 0 Å². The maximum Gasteiger partial charge on any atom is 0.214 e. The molecule has 0 aromatic heterocycles. The highest BCUT2D eigenvalue weighted by molar-refractivity contribution is 7.89. The fourth-order valence-electron chi connectivity index (χ4n) is 3.00. The van der Waals surface area contributed by atoms with Crippen molar-refractivity contribution in [3.05, 3.63) is 65.2 Å². The van der Waals surface area contributed by atoms with Gasteiger partial charge in [0.05, 0.1) is 19.0 Å². The lowest BCUT2D eigenvalue weighted by Gasteiger charge is -2.19. The van der Waals surface area contributed by atoms with Crippen molar-refractivity contribution in [3.63, 3.8) is 0 Å². The second-order valence-electron chi connectivity index (χ2n) is 6.42. The third-order valence-corrected chi connectivity index (χ3v) is 6.33. The number of fused-ring (bicyclic) bond motifs is 1. The lowest BCUT2D eigenvalue weighted by molar-refractivity contribution is 0.107. The second-order valence-corrected chi connectivity index (χ2v) is 8.51. The lowest BCUT2D eigenvalue weighted by atomic mass is 10.1. The van der Waals surface area contributed by atoms with E-state index in [4.69, 9.17) is 9.47 Å². The van der Waals surface area contributed by atoms with Crippen LogP contribution < -0.4 is 4.74 Å². The summed E-state index contributed by atoms with van der Waals surface area (Å²) in [6, 6.07) is 15.9. The van der Waals surface area contributed by atoms with Crippen LogP contribution in [0.25, 0.3) is 0 Å². The number of hydrogen-bond donors (Lipinski definition) is 0. The fraction of sp³-hybridized carbons (Fsp3) is 0.400. The molecule has 6 heteroatoms.